The standard InChI is InChI=1S/C20H22FNO/c1-3-22(4-2)15-16-23-20-13-9-18(10-14-20)6-5-17-7-11-19(21)12-8-17/h7-14H,3-4,15-16H2,1-2H3. The van der Waals surface area contributed by atoms with E-state index in [4.69, 9.17) is 4.74 Å². The Kier molecular flexibility index (Phi) is 6.65. The Morgan fingerprint density at radius 2 is 1.39 bits per heavy atom. The first kappa shape index (κ1) is 17.1. The van der Waals surface area contributed by atoms with Crippen LogP contribution in [0.4, 0.5) is 4.39 Å². The van der Waals surface area contributed by atoms with E-state index in [2.05, 4.69) is 30.6 Å². The molecule has 2 rings (SSSR count). The summed E-state index contributed by atoms with van der Waals surface area (Å²) >= 11 is 0. The molecule has 0 aromatic heterocycles. The number of nitrogens with zero attached hydrogens (tertiary/aromatic N) is 1. The van der Waals surface area contributed by atoms with Crippen molar-refractivity contribution in [2.45, 2.75) is 13.8 Å². The summed E-state index contributed by atoms with van der Waals surface area (Å²) in [5.74, 6) is 6.68. The maximum absolute atomic E-state index is 12.8. The molecule has 0 unspecified atom stereocenters. The fraction of sp³-hybridized carbons (Fsp3) is 0.300. The normalized spacial score (nSPS) is 10.3. The molecule has 0 spiro atoms. The number of halogens is 1. The van der Waals surface area contributed by atoms with Crippen molar-refractivity contribution in [1.82, 2.24) is 4.90 Å². The van der Waals surface area contributed by atoms with Gasteiger partial charge in [-0.2, -0.15) is 0 Å². The third kappa shape index (κ3) is 5.77. The van der Waals surface area contributed by atoms with Crippen LogP contribution in [-0.2, 0) is 0 Å². The second kappa shape index (κ2) is 8.97. The molecule has 2 nitrogen and oxygen atoms in total. The van der Waals surface area contributed by atoms with Gasteiger partial charge in [0, 0.05) is 17.7 Å². The highest BCUT2D eigenvalue weighted by Crippen LogP contribution is 2.12. The van der Waals surface area contributed by atoms with E-state index in [1.54, 1.807) is 12.1 Å². The molecule has 0 saturated carbocycles. The molecule has 120 valence electrons. The van der Waals surface area contributed by atoms with Crippen molar-refractivity contribution in [3.63, 3.8) is 0 Å². The molecular formula is C20H22FNO. The van der Waals surface area contributed by atoms with Crippen LogP contribution in [-0.4, -0.2) is 31.1 Å². The lowest BCUT2D eigenvalue weighted by molar-refractivity contribution is 0.223. The van der Waals surface area contributed by atoms with Crippen LogP contribution >= 0.6 is 0 Å². The zero-order chi connectivity index (χ0) is 16.5. The maximum atomic E-state index is 12.8. The first-order chi connectivity index (χ1) is 11.2. The van der Waals surface area contributed by atoms with Gasteiger partial charge in [-0.25, -0.2) is 4.39 Å². The molecule has 0 aliphatic carbocycles. The van der Waals surface area contributed by atoms with Gasteiger partial charge < -0.3 is 9.64 Å². The summed E-state index contributed by atoms with van der Waals surface area (Å²) in [6.45, 7) is 7.99. The lowest BCUT2D eigenvalue weighted by Crippen LogP contribution is -2.27. The second-order valence-electron chi connectivity index (χ2n) is 5.16. The molecule has 0 aliphatic rings. The van der Waals surface area contributed by atoms with Crippen LogP contribution in [0.2, 0.25) is 0 Å². The molecule has 0 atom stereocenters. The molecule has 0 saturated heterocycles. The van der Waals surface area contributed by atoms with Crippen LogP contribution in [0.15, 0.2) is 48.5 Å². The third-order valence-electron chi connectivity index (χ3n) is 3.62. The van der Waals surface area contributed by atoms with Crippen LogP contribution in [0, 0.1) is 17.7 Å². The van der Waals surface area contributed by atoms with Crippen molar-refractivity contribution >= 4 is 0 Å². The van der Waals surface area contributed by atoms with Gasteiger partial charge in [-0.3, -0.25) is 0 Å². The Morgan fingerprint density at radius 1 is 0.870 bits per heavy atom. The van der Waals surface area contributed by atoms with Crippen molar-refractivity contribution < 1.29 is 9.13 Å². The van der Waals surface area contributed by atoms with E-state index in [1.807, 2.05) is 24.3 Å². The quantitative estimate of drug-likeness (QED) is 0.749. The summed E-state index contributed by atoms with van der Waals surface area (Å²) < 4.78 is 18.6. The Labute approximate surface area is 137 Å². The van der Waals surface area contributed by atoms with Crippen molar-refractivity contribution in [1.29, 1.82) is 0 Å². The van der Waals surface area contributed by atoms with Crippen molar-refractivity contribution in [2.75, 3.05) is 26.2 Å². The maximum Gasteiger partial charge on any atom is 0.123 e. The molecule has 0 amide bonds. The van der Waals surface area contributed by atoms with Gasteiger partial charge in [0.25, 0.3) is 0 Å². The molecular weight excluding hydrogens is 289 g/mol. The molecule has 2 aromatic rings. The van der Waals surface area contributed by atoms with Crippen LogP contribution in [0.5, 0.6) is 5.75 Å². The molecule has 0 radical (unpaired) electrons. The highest BCUT2D eigenvalue weighted by molar-refractivity contribution is 5.44. The number of hydrogen-bond acceptors (Lipinski definition) is 2. The molecule has 0 aliphatic heterocycles. The average Bonchev–Trinajstić information content (AvgIpc) is 2.59. The van der Waals surface area contributed by atoms with Crippen LogP contribution in [0.25, 0.3) is 0 Å². The summed E-state index contributed by atoms with van der Waals surface area (Å²) in [5.41, 5.74) is 1.70. The minimum Gasteiger partial charge on any atom is -0.492 e. The first-order valence-corrected chi connectivity index (χ1v) is 7.94. The SMILES string of the molecule is CCN(CC)CCOc1ccc(C#Cc2ccc(F)cc2)cc1. The van der Waals surface area contributed by atoms with Gasteiger partial charge in [-0.05, 0) is 61.6 Å². The van der Waals surface area contributed by atoms with E-state index in [0.29, 0.717) is 6.61 Å². The summed E-state index contributed by atoms with van der Waals surface area (Å²) in [6, 6.07) is 13.9. The topological polar surface area (TPSA) is 12.5 Å². The number of benzene rings is 2. The third-order valence-corrected chi connectivity index (χ3v) is 3.62. The van der Waals surface area contributed by atoms with Crippen LogP contribution < -0.4 is 4.74 Å². The number of likely N-dealkylation sites (N-methyl/N-ethyl adjacent to an activating group) is 1. The molecule has 2 aromatic carbocycles. The number of rotatable bonds is 6. The minimum atomic E-state index is -0.248. The summed E-state index contributed by atoms with van der Waals surface area (Å²) in [5, 5.41) is 0. The fourth-order valence-electron chi connectivity index (χ4n) is 2.14. The average molecular weight is 311 g/mol. The van der Waals surface area contributed by atoms with E-state index in [0.717, 1.165) is 36.5 Å². The largest absolute Gasteiger partial charge is 0.492 e. The Morgan fingerprint density at radius 3 is 1.91 bits per heavy atom. The van der Waals surface area contributed by atoms with Crippen molar-refractivity contribution in [2.24, 2.45) is 0 Å². The van der Waals surface area contributed by atoms with E-state index in [9.17, 15) is 4.39 Å². The van der Waals surface area contributed by atoms with E-state index >= 15 is 0 Å². The zero-order valence-corrected chi connectivity index (χ0v) is 13.7. The fourth-order valence-corrected chi connectivity index (χ4v) is 2.14. The lowest BCUT2D eigenvalue weighted by atomic mass is 10.2. The van der Waals surface area contributed by atoms with Crippen molar-refractivity contribution in [3.05, 3.63) is 65.5 Å². The molecule has 0 bridgehead atoms. The number of ether oxygens (including phenoxy) is 1. The monoisotopic (exact) mass is 311 g/mol. The summed E-state index contributed by atoms with van der Waals surface area (Å²) in [7, 11) is 0. The second-order valence-corrected chi connectivity index (χ2v) is 5.16. The highest BCUT2D eigenvalue weighted by Gasteiger charge is 1.99. The predicted molar refractivity (Wildman–Crippen MR) is 92.1 cm³/mol. The van der Waals surface area contributed by atoms with Gasteiger partial charge in [0.1, 0.15) is 18.2 Å². The van der Waals surface area contributed by atoms with Crippen LogP contribution in [0.3, 0.4) is 0 Å². The highest BCUT2D eigenvalue weighted by atomic mass is 19.1. The first-order valence-electron chi connectivity index (χ1n) is 7.94. The molecule has 0 N–H and O–H groups in total. The van der Waals surface area contributed by atoms with E-state index < -0.39 is 0 Å². The van der Waals surface area contributed by atoms with E-state index in [1.165, 1.54) is 12.1 Å². The minimum absolute atomic E-state index is 0.248. The Bertz CT molecular complexity index is 649. The lowest BCUT2D eigenvalue weighted by Gasteiger charge is -2.17. The number of hydrogen-bond donors (Lipinski definition) is 0. The smallest absolute Gasteiger partial charge is 0.123 e. The molecule has 0 fully saturated rings. The van der Waals surface area contributed by atoms with E-state index in [-0.39, 0.29) is 5.82 Å². The Balaban J connectivity index is 1.88. The molecule has 3 heteroatoms. The Hall–Kier alpha value is -2.31. The van der Waals surface area contributed by atoms with Gasteiger partial charge in [0.15, 0.2) is 0 Å². The van der Waals surface area contributed by atoms with Gasteiger partial charge in [0.05, 0.1) is 0 Å². The summed E-state index contributed by atoms with van der Waals surface area (Å²) in [4.78, 5) is 2.32. The summed E-state index contributed by atoms with van der Waals surface area (Å²) in [6.07, 6.45) is 0. The zero-order valence-electron chi connectivity index (χ0n) is 13.7. The van der Waals surface area contributed by atoms with Crippen LogP contribution in [0.1, 0.15) is 25.0 Å². The van der Waals surface area contributed by atoms with Gasteiger partial charge in [-0.15, -0.1) is 0 Å². The predicted octanol–water partition coefficient (Wildman–Crippen LogP) is 3.95. The molecule has 23 heavy (non-hydrogen) atoms. The van der Waals surface area contributed by atoms with Gasteiger partial charge >= 0.3 is 0 Å². The molecule has 0 heterocycles. The van der Waals surface area contributed by atoms with Gasteiger partial charge in [-0.1, -0.05) is 25.7 Å². The van der Waals surface area contributed by atoms with Gasteiger partial charge in [0.2, 0.25) is 0 Å². The van der Waals surface area contributed by atoms with Crippen molar-refractivity contribution in [3.8, 4) is 17.6 Å².